The SMILES string of the molecule is COc1cc(CBr)c2c3c1O[C@H]1C(=O)CC[C@H]4[C@@H](C2)N(C)CC[C@]314. The molecule has 2 heterocycles. The standard InChI is InChI=1S/C19H22BrNO3/c1-21-6-5-19-12-3-4-14(22)18(19)24-17-15(23-2)7-10(9-20)11(16(17)19)8-13(12)21/h7,12-13,18H,3-6,8-9H2,1-2H3/t12-,13+,18-,19-/m0/s1. The Hall–Kier alpha value is -1.07. The van der Waals surface area contributed by atoms with Crippen LogP contribution in [-0.2, 0) is 22.0 Å². The van der Waals surface area contributed by atoms with Crippen molar-refractivity contribution in [3.05, 3.63) is 22.8 Å². The van der Waals surface area contributed by atoms with Crippen LogP contribution in [0.1, 0.15) is 36.0 Å². The van der Waals surface area contributed by atoms with Crippen LogP contribution >= 0.6 is 15.9 Å². The topological polar surface area (TPSA) is 38.8 Å². The number of carbonyl (C=O) groups excluding carboxylic acids is 1. The summed E-state index contributed by atoms with van der Waals surface area (Å²) in [5.41, 5.74) is 3.86. The minimum Gasteiger partial charge on any atom is -0.493 e. The Bertz CT molecular complexity index is 749. The van der Waals surface area contributed by atoms with E-state index >= 15 is 0 Å². The maximum Gasteiger partial charge on any atom is 0.174 e. The first-order valence-corrected chi connectivity index (χ1v) is 9.92. The van der Waals surface area contributed by atoms with E-state index in [4.69, 9.17) is 9.47 Å². The zero-order valence-corrected chi connectivity index (χ0v) is 15.7. The fourth-order valence-corrected chi connectivity index (χ4v) is 6.44. The molecule has 2 bridgehead atoms. The fourth-order valence-electron chi connectivity index (χ4n) is 5.94. The number of benzene rings is 1. The predicted octanol–water partition coefficient (Wildman–Crippen LogP) is 2.83. The van der Waals surface area contributed by atoms with Gasteiger partial charge in [-0.05, 0) is 56.0 Å². The molecule has 0 N–H and O–H groups in total. The fraction of sp³-hybridized carbons (Fsp3) is 0.632. The summed E-state index contributed by atoms with van der Waals surface area (Å²) in [6.45, 7) is 1.04. The number of ether oxygens (including phenoxy) is 2. The van der Waals surface area contributed by atoms with E-state index in [2.05, 4.69) is 33.9 Å². The van der Waals surface area contributed by atoms with Gasteiger partial charge in [-0.2, -0.15) is 0 Å². The summed E-state index contributed by atoms with van der Waals surface area (Å²) >= 11 is 3.65. The van der Waals surface area contributed by atoms with Gasteiger partial charge in [0, 0.05) is 28.8 Å². The number of piperidine rings is 1. The van der Waals surface area contributed by atoms with Crippen LogP contribution in [0.15, 0.2) is 6.07 Å². The van der Waals surface area contributed by atoms with E-state index in [-0.39, 0.29) is 17.3 Å². The van der Waals surface area contributed by atoms with Crippen molar-refractivity contribution >= 4 is 21.7 Å². The van der Waals surface area contributed by atoms with Gasteiger partial charge in [-0.3, -0.25) is 4.79 Å². The van der Waals surface area contributed by atoms with Gasteiger partial charge in [0.2, 0.25) is 0 Å². The van der Waals surface area contributed by atoms with Gasteiger partial charge >= 0.3 is 0 Å². The number of carbonyl (C=O) groups is 1. The number of hydrogen-bond donors (Lipinski definition) is 0. The average molecular weight is 392 g/mol. The van der Waals surface area contributed by atoms with Crippen molar-refractivity contribution < 1.29 is 14.3 Å². The molecule has 2 aliphatic heterocycles. The first-order chi connectivity index (χ1) is 11.6. The summed E-state index contributed by atoms with van der Waals surface area (Å²) in [5, 5.41) is 0.807. The van der Waals surface area contributed by atoms with Crippen LogP contribution < -0.4 is 9.47 Å². The highest BCUT2D eigenvalue weighted by Crippen LogP contribution is 2.63. The van der Waals surface area contributed by atoms with Gasteiger partial charge in [0.1, 0.15) is 0 Å². The maximum atomic E-state index is 12.8. The molecule has 0 radical (unpaired) electrons. The monoisotopic (exact) mass is 391 g/mol. The van der Waals surface area contributed by atoms with E-state index in [1.54, 1.807) is 7.11 Å². The number of rotatable bonds is 2. The Morgan fingerprint density at radius 1 is 1.50 bits per heavy atom. The van der Waals surface area contributed by atoms with E-state index in [0.29, 0.717) is 18.4 Å². The zero-order chi connectivity index (χ0) is 16.6. The third-order valence-corrected chi connectivity index (χ3v) is 7.56. The Kier molecular flexibility index (Phi) is 3.15. The van der Waals surface area contributed by atoms with Gasteiger partial charge in [-0.25, -0.2) is 0 Å². The number of nitrogens with zero attached hydrogens (tertiary/aromatic N) is 1. The number of likely N-dealkylation sites (tertiary alicyclic amines) is 1. The van der Waals surface area contributed by atoms with Gasteiger partial charge < -0.3 is 14.4 Å². The highest BCUT2D eigenvalue weighted by molar-refractivity contribution is 9.08. The normalized spacial score (nSPS) is 36.3. The van der Waals surface area contributed by atoms with Gasteiger partial charge in [0.25, 0.3) is 0 Å². The van der Waals surface area contributed by atoms with Crippen LogP contribution in [0, 0.1) is 5.92 Å². The number of halogens is 1. The maximum absolute atomic E-state index is 12.8. The molecule has 24 heavy (non-hydrogen) atoms. The van der Waals surface area contributed by atoms with E-state index in [0.717, 1.165) is 42.6 Å². The van der Waals surface area contributed by atoms with E-state index in [9.17, 15) is 4.79 Å². The first-order valence-electron chi connectivity index (χ1n) is 8.80. The summed E-state index contributed by atoms with van der Waals surface area (Å²) in [7, 11) is 3.93. The largest absolute Gasteiger partial charge is 0.493 e. The lowest BCUT2D eigenvalue weighted by molar-refractivity contribution is -0.138. The van der Waals surface area contributed by atoms with Gasteiger partial charge in [0.15, 0.2) is 23.4 Å². The smallest absolute Gasteiger partial charge is 0.174 e. The molecule has 128 valence electrons. The predicted molar refractivity (Wildman–Crippen MR) is 94.2 cm³/mol. The second-order valence-corrected chi connectivity index (χ2v) is 8.27. The molecule has 0 unspecified atom stereocenters. The van der Waals surface area contributed by atoms with Crippen LogP contribution in [-0.4, -0.2) is 43.5 Å². The highest BCUT2D eigenvalue weighted by Gasteiger charge is 2.65. The lowest BCUT2D eigenvalue weighted by Gasteiger charge is -2.57. The lowest BCUT2D eigenvalue weighted by Crippen LogP contribution is -2.65. The number of likely N-dealkylation sites (N-methyl/N-ethyl adjacent to an activating group) is 1. The molecule has 5 rings (SSSR count). The molecular formula is C19H22BrNO3. The second kappa shape index (κ2) is 4.98. The molecule has 1 aromatic carbocycles. The molecule has 5 heteroatoms. The van der Waals surface area contributed by atoms with Crippen LogP contribution in [0.5, 0.6) is 11.5 Å². The number of alkyl halides is 1. The molecule has 1 saturated carbocycles. The minimum absolute atomic E-state index is 0.124. The molecule has 2 fully saturated rings. The van der Waals surface area contributed by atoms with Crippen molar-refractivity contribution in [2.75, 3.05) is 20.7 Å². The van der Waals surface area contributed by atoms with Crippen LogP contribution in [0.25, 0.3) is 0 Å². The zero-order valence-electron chi connectivity index (χ0n) is 14.1. The molecule has 4 aliphatic rings. The molecular weight excluding hydrogens is 370 g/mol. The summed E-state index contributed by atoms with van der Waals surface area (Å²) < 4.78 is 12.0. The number of Topliss-reactive ketones (excluding diaryl/α,β-unsaturated/α-hetero) is 1. The van der Waals surface area contributed by atoms with Gasteiger partial charge in [-0.15, -0.1) is 0 Å². The van der Waals surface area contributed by atoms with Crippen molar-refractivity contribution in [3.8, 4) is 11.5 Å². The Morgan fingerprint density at radius 3 is 3.08 bits per heavy atom. The van der Waals surface area contributed by atoms with E-state index in [1.807, 2.05) is 0 Å². The van der Waals surface area contributed by atoms with E-state index in [1.165, 1.54) is 16.7 Å². The van der Waals surface area contributed by atoms with Crippen LogP contribution in [0.3, 0.4) is 0 Å². The molecule has 4 atom stereocenters. The summed E-state index contributed by atoms with van der Waals surface area (Å²) in [6, 6.07) is 2.61. The summed E-state index contributed by atoms with van der Waals surface area (Å²) in [4.78, 5) is 15.3. The molecule has 4 nitrogen and oxygen atoms in total. The molecule has 0 amide bonds. The second-order valence-electron chi connectivity index (χ2n) is 7.71. The average Bonchev–Trinajstić information content (AvgIpc) is 2.94. The van der Waals surface area contributed by atoms with Gasteiger partial charge in [-0.1, -0.05) is 15.9 Å². The first kappa shape index (κ1) is 15.2. The molecule has 1 aromatic rings. The minimum atomic E-state index is -0.305. The number of hydrogen-bond acceptors (Lipinski definition) is 4. The Balaban J connectivity index is 1.84. The quantitative estimate of drug-likeness (QED) is 0.726. The van der Waals surface area contributed by atoms with E-state index < -0.39 is 0 Å². The molecule has 1 saturated heterocycles. The van der Waals surface area contributed by atoms with Gasteiger partial charge in [0.05, 0.1) is 7.11 Å². The molecule has 2 aliphatic carbocycles. The Morgan fingerprint density at radius 2 is 2.33 bits per heavy atom. The van der Waals surface area contributed by atoms with Crippen molar-refractivity contribution in [1.82, 2.24) is 4.90 Å². The van der Waals surface area contributed by atoms with Crippen molar-refractivity contribution in [2.45, 2.75) is 48.6 Å². The third-order valence-electron chi connectivity index (χ3n) is 6.96. The number of methoxy groups -OCH3 is 1. The third kappa shape index (κ3) is 1.61. The highest BCUT2D eigenvalue weighted by atomic mass is 79.9. The molecule has 0 aromatic heterocycles. The van der Waals surface area contributed by atoms with Crippen molar-refractivity contribution in [1.29, 1.82) is 0 Å². The summed E-state index contributed by atoms with van der Waals surface area (Å²) in [5.74, 6) is 2.44. The summed E-state index contributed by atoms with van der Waals surface area (Å²) in [6.07, 6.45) is 3.41. The van der Waals surface area contributed by atoms with Crippen LogP contribution in [0.2, 0.25) is 0 Å². The van der Waals surface area contributed by atoms with Crippen LogP contribution in [0.4, 0.5) is 0 Å². The van der Waals surface area contributed by atoms with Crippen molar-refractivity contribution in [2.24, 2.45) is 5.92 Å². The number of ketones is 1. The lowest BCUT2D eigenvalue weighted by atomic mass is 9.51. The molecule has 1 spiro atoms. The Labute approximate surface area is 150 Å². The van der Waals surface area contributed by atoms with Crippen molar-refractivity contribution in [3.63, 3.8) is 0 Å².